The number of carbonyl (C=O) groups excluding carboxylic acids is 1. The molecule has 0 atom stereocenters. The lowest BCUT2D eigenvalue weighted by atomic mass is 9.85. The molecule has 1 aromatic carbocycles. The molecule has 0 radical (unpaired) electrons. The summed E-state index contributed by atoms with van der Waals surface area (Å²) in [5.41, 5.74) is -0.582. The highest BCUT2D eigenvalue weighted by Gasteiger charge is 2.34. The minimum atomic E-state index is -1.39. The molecule has 1 aliphatic carbocycles. The van der Waals surface area contributed by atoms with E-state index in [9.17, 15) is 22.8 Å². The minimum Gasteiger partial charge on any atom is -0.480 e. The number of likely N-dealkylation sites (N-methyl/N-ethyl adjacent to an activating group) is 1. The second-order valence-electron chi connectivity index (χ2n) is 5.63. The first-order chi connectivity index (χ1) is 11.3. The fraction of sp³-hybridized carbons (Fsp3) is 0.467. The van der Waals surface area contributed by atoms with Gasteiger partial charge in [-0.1, -0.05) is 6.92 Å². The van der Waals surface area contributed by atoms with Gasteiger partial charge in [-0.2, -0.15) is 0 Å². The summed E-state index contributed by atoms with van der Waals surface area (Å²) in [5, 5.41) is 13.4. The van der Waals surface area contributed by atoms with Gasteiger partial charge in [-0.05, 0) is 19.4 Å². The Bertz CT molecular complexity index is 636. The van der Waals surface area contributed by atoms with Crippen molar-refractivity contribution in [2.75, 3.05) is 18.4 Å². The Kier molecular flexibility index (Phi) is 5.66. The third-order valence-electron chi connectivity index (χ3n) is 3.95. The van der Waals surface area contributed by atoms with Crippen LogP contribution in [0, 0.1) is 17.5 Å². The molecule has 0 spiro atoms. The number of hydrogen-bond donors (Lipinski definition) is 3. The number of aliphatic carboxylic acids is 1. The van der Waals surface area contributed by atoms with Gasteiger partial charge >= 0.3 is 12.0 Å². The lowest BCUT2D eigenvalue weighted by Gasteiger charge is -2.42. The molecule has 1 fully saturated rings. The summed E-state index contributed by atoms with van der Waals surface area (Å²) in [5.74, 6) is -4.65. The molecule has 3 N–H and O–H groups in total. The topological polar surface area (TPSA) is 81.7 Å². The van der Waals surface area contributed by atoms with Crippen LogP contribution in [0.15, 0.2) is 12.1 Å². The molecular formula is C15H18F3N3O3. The number of carbonyl (C=O) groups is 2. The summed E-state index contributed by atoms with van der Waals surface area (Å²) in [6, 6.07) is 0.131. The normalized spacial score (nSPS) is 19.7. The molecule has 0 aliphatic heterocycles. The largest absolute Gasteiger partial charge is 0.480 e. The van der Waals surface area contributed by atoms with Crippen LogP contribution < -0.4 is 10.6 Å². The summed E-state index contributed by atoms with van der Waals surface area (Å²) in [6.07, 6.45) is 1.10. The Morgan fingerprint density at radius 1 is 1.29 bits per heavy atom. The van der Waals surface area contributed by atoms with Crippen molar-refractivity contribution in [2.24, 2.45) is 0 Å². The van der Waals surface area contributed by atoms with Crippen LogP contribution in [0.25, 0.3) is 0 Å². The third kappa shape index (κ3) is 4.38. The molecule has 0 heterocycles. The minimum absolute atomic E-state index is 0.0414. The fourth-order valence-electron chi connectivity index (χ4n) is 2.67. The zero-order chi connectivity index (χ0) is 17.9. The second-order valence-corrected chi connectivity index (χ2v) is 5.63. The maximum absolute atomic E-state index is 13.5. The molecule has 1 aromatic rings. The predicted molar refractivity (Wildman–Crippen MR) is 80.2 cm³/mol. The van der Waals surface area contributed by atoms with Crippen molar-refractivity contribution in [1.82, 2.24) is 10.2 Å². The number of carboxylic acid groups (broad SMARTS) is 1. The first-order valence-electron chi connectivity index (χ1n) is 7.48. The quantitative estimate of drug-likeness (QED) is 0.690. The highest BCUT2D eigenvalue weighted by molar-refractivity contribution is 5.89. The molecule has 0 bridgehead atoms. The van der Waals surface area contributed by atoms with Crippen LogP contribution in [0.3, 0.4) is 0 Å². The number of halogens is 3. The van der Waals surface area contributed by atoms with Crippen LogP contribution in [0.2, 0.25) is 0 Å². The molecular weight excluding hydrogens is 327 g/mol. The van der Waals surface area contributed by atoms with E-state index in [0.29, 0.717) is 31.5 Å². The molecule has 24 heavy (non-hydrogen) atoms. The van der Waals surface area contributed by atoms with E-state index < -0.39 is 35.1 Å². The number of anilines is 1. The molecule has 2 amide bonds. The summed E-state index contributed by atoms with van der Waals surface area (Å²) >= 11 is 0. The van der Waals surface area contributed by atoms with Crippen LogP contribution in [0.5, 0.6) is 0 Å². The first-order valence-corrected chi connectivity index (χ1v) is 7.48. The Balaban J connectivity index is 1.84. The average Bonchev–Trinajstić information content (AvgIpc) is 2.45. The number of nitrogens with one attached hydrogen (secondary N) is 2. The van der Waals surface area contributed by atoms with Crippen molar-refractivity contribution in [3.05, 3.63) is 29.6 Å². The lowest BCUT2D eigenvalue weighted by Crippen LogP contribution is -2.55. The zero-order valence-corrected chi connectivity index (χ0v) is 13.0. The first kappa shape index (κ1) is 18.1. The average molecular weight is 345 g/mol. The number of amides is 2. The molecule has 2 rings (SSSR count). The Labute approximate surface area is 136 Å². The molecule has 0 aromatic heterocycles. The van der Waals surface area contributed by atoms with E-state index in [1.165, 1.54) is 0 Å². The van der Waals surface area contributed by atoms with Crippen LogP contribution >= 0.6 is 0 Å². The van der Waals surface area contributed by atoms with Gasteiger partial charge in [0.1, 0.15) is 5.82 Å². The second kappa shape index (κ2) is 7.52. The van der Waals surface area contributed by atoms with E-state index in [2.05, 4.69) is 10.6 Å². The van der Waals surface area contributed by atoms with Gasteiger partial charge in [-0.15, -0.1) is 0 Å². The van der Waals surface area contributed by atoms with Crippen molar-refractivity contribution in [3.8, 4) is 0 Å². The Morgan fingerprint density at radius 3 is 2.54 bits per heavy atom. The van der Waals surface area contributed by atoms with E-state index in [1.54, 1.807) is 4.90 Å². The van der Waals surface area contributed by atoms with Crippen LogP contribution in [0.1, 0.15) is 19.8 Å². The van der Waals surface area contributed by atoms with Crippen molar-refractivity contribution in [3.63, 3.8) is 0 Å². The standard InChI is InChI=1S/C15H18F3N3O3/c1-2-21(7-13(22)23)10-5-9(6-10)19-15(24)20-12-4-8(16)3-11(17)14(12)18/h3-4,9-10H,2,5-7H2,1H3,(H,22,23)(H2,19,20,24). The van der Waals surface area contributed by atoms with Gasteiger partial charge in [-0.3, -0.25) is 9.69 Å². The van der Waals surface area contributed by atoms with Crippen LogP contribution in [-0.2, 0) is 4.79 Å². The van der Waals surface area contributed by atoms with Crippen molar-refractivity contribution < 1.29 is 27.9 Å². The highest BCUT2D eigenvalue weighted by atomic mass is 19.2. The van der Waals surface area contributed by atoms with Gasteiger partial charge in [0, 0.05) is 24.2 Å². The number of rotatable bonds is 6. The van der Waals surface area contributed by atoms with Crippen molar-refractivity contribution in [1.29, 1.82) is 0 Å². The maximum atomic E-state index is 13.5. The number of carboxylic acids is 1. The van der Waals surface area contributed by atoms with E-state index in [1.807, 2.05) is 6.92 Å². The van der Waals surface area contributed by atoms with Gasteiger partial charge in [0.15, 0.2) is 11.6 Å². The number of benzene rings is 1. The summed E-state index contributed by atoms with van der Waals surface area (Å²) in [7, 11) is 0. The molecule has 0 saturated heterocycles. The van der Waals surface area contributed by atoms with Gasteiger partial charge in [0.05, 0.1) is 12.2 Å². The molecule has 6 nitrogen and oxygen atoms in total. The van der Waals surface area contributed by atoms with Gasteiger partial charge in [-0.25, -0.2) is 18.0 Å². The van der Waals surface area contributed by atoms with Crippen molar-refractivity contribution in [2.45, 2.75) is 31.8 Å². The van der Waals surface area contributed by atoms with Gasteiger partial charge in [0.25, 0.3) is 0 Å². The predicted octanol–water partition coefficient (Wildman–Crippen LogP) is 2.16. The summed E-state index contributed by atoms with van der Waals surface area (Å²) in [4.78, 5) is 24.3. The smallest absolute Gasteiger partial charge is 0.319 e. The van der Waals surface area contributed by atoms with E-state index in [4.69, 9.17) is 5.11 Å². The number of hydrogen-bond acceptors (Lipinski definition) is 3. The van der Waals surface area contributed by atoms with E-state index in [-0.39, 0.29) is 18.6 Å². The Morgan fingerprint density at radius 2 is 1.96 bits per heavy atom. The molecule has 9 heteroatoms. The Hall–Kier alpha value is -2.29. The van der Waals surface area contributed by atoms with Crippen LogP contribution in [-0.4, -0.2) is 47.2 Å². The summed E-state index contributed by atoms with van der Waals surface area (Å²) in [6.45, 7) is 2.34. The maximum Gasteiger partial charge on any atom is 0.319 e. The fourth-order valence-corrected chi connectivity index (χ4v) is 2.67. The molecule has 1 aliphatic rings. The van der Waals surface area contributed by atoms with Gasteiger partial charge < -0.3 is 15.7 Å². The highest BCUT2D eigenvalue weighted by Crippen LogP contribution is 2.26. The molecule has 132 valence electrons. The molecule has 1 saturated carbocycles. The zero-order valence-electron chi connectivity index (χ0n) is 13.0. The monoisotopic (exact) mass is 345 g/mol. The van der Waals surface area contributed by atoms with E-state index >= 15 is 0 Å². The number of nitrogens with zero attached hydrogens (tertiary/aromatic N) is 1. The molecule has 0 unspecified atom stereocenters. The summed E-state index contributed by atoms with van der Waals surface area (Å²) < 4.78 is 39.6. The SMILES string of the molecule is CCN(CC(=O)O)C1CC(NC(=O)Nc2cc(F)cc(F)c2F)C1. The van der Waals surface area contributed by atoms with Crippen LogP contribution in [0.4, 0.5) is 23.7 Å². The van der Waals surface area contributed by atoms with Crippen molar-refractivity contribution >= 4 is 17.7 Å². The third-order valence-corrected chi connectivity index (χ3v) is 3.95. The van der Waals surface area contributed by atoms with E-state index in [0.717, 1.165) is 0 Å². The van der Waals surface area contributed by atoms with Gasteiger partial charge in [0.2, 0.25) is 0 Å². The lowest BCUT2D eigenvalue weighted by molar-refractivity contribution is -0.139. The number of urea groups is 1.